The Kier molecular flexibility index (Phi) is 6.32. The molecule has 5 aromatic rings. The lowest BCUT2D eigenvalue weighted by molar-refractivity contribution is 0.282. The molecule has 8 nitrogen and oxygen atoms in total. The molecule has 0 spiro atoms. The number of para-hydroxylation sites is 1. The second-order valence-electron chi connectivity index (χ2n) is 7.84. The van der Waals surface area contributed by atoms with Crippen molar-refractivity contribution in [3.8, 4) is 34.3 Å². The SMILES string of the molecule is Cc1cccc(-c2[nH]c(COc3ccccc3F)nc2-c2ccc3ncc(OCCN)nc3c2)n1. The van der Waals surface area contributed by atoms with E-state index in [2.05, 4.69) is 19.9 Å². The van der Waals surface area contributed by atoms with Gasteiger partial charge in [0.1, 0.15) is 19.0 Å². The number of H-pyrrole nitrogens is 1. The molecule has 0 saturated carbocycles. The number of ether oxygens (including phenoxy) is 2. The van der Waals surface area contributed by atoms with Crippen LogP contribution in [-0.2, 0) is 6.61 Å². The number of nitrogens with zero attached hydrogens (tertiary/aromatic N) is 4. The molecule has 0 radical (unpaired) electrons. The van der Waals surface area contributed by atoms with Gasteiger partial charge in [-0.3, -0.25) is 4.98 Å². The van der Waals surface area contributed by atoms with Gasteiger partial charge in [0.15, 0.2) is 11.6 Å². The highest BCUT2D eigenvalue weighted by molar-refractivity contribution is 5.85. The summed E-state index contributed by atoms with van der Waals surface area (Å²) in [5.41, 5.74) is 10.7. The molecule has 176 valence electrons. The number of benzene rings is 2. The first-order chi connectivity index (χ1) is 17.1. The van der Waals surface area contributed by atoms with Crippen molar-refractivity contribution in [1.82, 2.24) is 24.9 Å². The number of fused-ring (bicyclic) bond motifs is 1. The number of hydrogen-bond acceptors (Lipinski definition) is 7. The van der Waals surface area contributed by atoms with Crippen LogP contribution in [0, 0.1) is 12.7 Å². The van der Waals surface area contributed by atoms with E-state index in [0.717, 1.165) is 28.2 Å². The van der Waals surface area contributed by atoms with Gasteiger partial charge < -0.3 is 20.2 Å². The van der Waals surface area contributed by atoms with E-state index in [1.165, 1.54) is 6.07 Å². The topological polar surface area (TPSA) is 112 Å². The zero-order valence-electron chi connectivity index (χ0n) is 19.0. The maximum absolute atomic E-state index is 14.0. The fourth-order valence-corrected chi connectivity index (χ4v) is 3.65. The normalized spacial score (nSPS) is 11.1. The molecule has 0 saturated heterocycles. The van der Waals surface area contributed by atoms with Gasteiger partial charge in [-0.15, -0.1) is 0 Å². The van der Waals surface area contributed by atoms with Gasteiger partial charge in [-0.2, -0.15) is 0 Å². The average Bonchev–Trinajstić information content (AvgIpc) is 3.31. The summed E-state index contributed by atoms with van der Waals surface area (Å²) in [7, 11) is 0. The van der Waals surface area contributed by atoms with Gasteiger partial charge in [0, 0.05) is 17.8 Å². The fourth-order valence-electron chi connectivity index (χ4n) is 3.65. The van der Waals surface area contributed by atoms with Crippen molar-refractivity contribution in [3.63, 3.8) is 0 Å². The average molecular weight is 471 g/mol. The number of nitrogens with two attached hydrogens (primary N) is 1. The zero-order valence-corrected chi connectivity index (χ0v) is 19.0. The number of aromatic amines is 1. The van der Waals surface area contributed by atoms with Crippen LogP contribution in [0.3, 0.4) is 0 Å². The van der Waals surface area contributed by atoms with E-state index in [-0.39, 0.29) is 12.4 Å². The molecule has 3 N–H and O–H groups in total. The summed E-state index contributed by atoms with van der Waals surface area (Å²) in [6, 6.07) is 17.7. The van der Waals surface area contributed by atoms with Crippen molar-refractivity contribution in [2.75, 3.05) is 13.2 Å². The third-order valence-corrected chi connectivity index (χ3v) is 5.26. The third kappa shape index (κ3) is 4.95. The Balaban J connectivity index is 1.54. The monoisotopic (exact) mass is 470 g/mol. The molecular formula is C26H23FN6O2. The number of rotatable bonds is 8. The summed E-state index contributed by atoms with van der Waals surface area (Å²) in [5, 5.41) is 0. The van der Waals surface area contributed by atoms with Gasteiger partial charge >= 0.3 is 0 Å². The van der Waals surface area contributed by atoms with Crippen molar-refractivity contribution in [2.24, 2.45) is 5.73 Å². The number of aromatic nitrogens is 5. The molecule has 3 aromatic heterocycles. The van der Waals surface area contributed by atoms with Gasteiger partial charge in [0.25, 0.3) is 0 Å². The number of pyridine rings is 1. The Bertz CT molecular complexity index is 1490. The van der Waals surface area contributed by atoms with E-state index in [9.17, 15) is 4.39 Å². The molecule has 0 aliphatic heterocycles. The summed E-state index contributed by atoms with van der Waals surface area (Å²) >= 11 is 0. The predicted molar refractivity (Wildman–Crippen MR) is 130 cm³/mol. The molecule has 35 heavy (non-hydrogen) atoms. The predicted octanol–water partition coefficient (Wildman–Crippen LogP) is 4.45. The van der Waals surface area contributed by atoms with Crippen LogP contribution < -0.4 is 15.2 Å². The van der Waals surface area contributed by atoms with Crippen molar-refractivity contribution < 1.29 is 13.9 Å². The summed E-state index contributed by atoms with van der Waals surface area (Å²) in [5.74, 6) is 0.668. The van der Waals surface area contributed by atoms with Gasteiger partial charge in [-0.25, -0.2) is 19.3 Å². The van der Waals surface area contributed by atoms with Crippen LogP contribution in [0.25, 0.3) is 33.7 Å². The van der Waals surface area contributed by atoms with Crippen molar-refractivity contribution in [3.05, 3.63) is 84.2 Å². The summed E-state index contributed by atoms with van der Waals surface area (Å²) in [6.07, 6.45) is 1.58. The Morgan fingerprint density at radius 1 is 0.943 bits per heavy atom. The highest BCUT2D eigenvalue weighted by Crippen LogP contribution is 2.31. The second kappa shape index (κ2) is 9.86. The molecule has 0 bridgehead atoms. The molecular weight excluding hydrogens is 447 g/mol. The second-order valence-corrected chi connectivity index (χ2v) is 7.84. The van der Waals surface area contributed by atoms with Crippen LogP contribution in [0.5, 0.6) is 11.6 Å². The van der Waals surface area contributed by atoms with E-state index >= 15 is 0 Å². The Morgan fingerprint density at radius 2 is 1.83 bits per heavy atom. The molecule has 0 unspecified atom stereocenters. The van der Waals surface area contributed by atoms with Crippen molar-refractivity contribution in [1.29, 1.82) is 0 Å². The van der Waals surface area contributed by atoms with Crippen molar-refractivity contribution in [2.45, 2.75) is 13.5 Å². The molecule has 0 aliphatic carbocycles. The van der Waals surface area contributed by atoms with Crippen molar-refractivity contribution >= 4 is 11.0 Å². The van der Waals surface area contributed by atoms with Crippen LogP contribution in [0.2, 0.25) is 0 Å². The van der Waals surface area contributed by atoms with E-state index in [1.54, 1.807) is 24.4 Å². The molecule has 0 atom stereocenters. The van der Waals surface area contributed by atoms with Gasteiger partial charge in [0.05, 0.1) is 34.3 Å². The maximum Gasteiger partial charge on any atom is 0.232 e. The molecule has 9 heteroatoms. The highest BCUT2D eigenvalue weighted by atomic mass is 19.1. The summed E-state index contributed by atoms with van der Waals surface area (Å²) in [6.45, 7) is 2.73. The Morgan fingerprint density at radius 3 is 2.66 bits per heavy atom. The molecule has 5 rings (SSSR count). The zero-order chi connectivity index (χ0) is 24.2. The first-order valence-corrected chi connectivity index (χ1v) is 11.1. The molecule has 0 aliphatic rings. The molecule has 0 amide bonds. The van der Waals surface area contributed by atoms with E-state index in [1.807, 2.05) is 43.3 Å². The first kappa shape index (κ1) is 22.4. The molecule has 2 aromatic carbocycles. The standard InChI is InChI=1S/C26H23FN6O2/c1-16-5-4-7-20(30-16)26-25(32-23(33-26)15-35-22-8-3-2-6-18(22)27)17-9-10-19-21(13-17)31-24(14-29-19)34-12-11-28/h2-10,13-14H,11-12,15,28H2,1H3,(H,32,33). The number of hydrogen-bond donors (Lipinski definition) is 2. The molecule has 3 heterocycles. The smallest absolute Gasteiger partial charge is 0.232 e. The van der Waals surface area contributed by atoms with E-state index < -0.39 is 5.82 Å². The number of aryl methyl sites for hydroxylation is 1. The third-order valence-electron chi connectivity index (χ3n) is 5.26. The lowest BCUT2D eigenvalue weighted by atomic mass is 10.1. The van der Waals surface area contributed by atoms with E-state index in [4.69, 9.17) is 20.2 Å². The lowest BCUT2D eigenvalue weighted by Crippen LogP contribution is -2.11. The Hall–Kier alpha value is -4.37. The molecule has 0 fully saturated rings. The number of imidazole rings is 1. The minimum atomic E-state index is -0.430. The van der Waals surface area contributed by atoms with Crippen LogP contribution >= 0.6 is 0 Å². The summed E-state index contributed by atoms with van der Waals surface area (Å²) < 4.78 is 25.2. The van der Waals surface area contributed by atoms with Crippen LogP contribution in [-0.4, -0.2) is 38.1 Å². The maximum atomic E-state index is 14.0. The first-order valence-electron chi connectivity index (χ1n) is 11.1. The van der Waals surface area contributed by atoms with Crippen LogP contribution in [0.15, 0.2) is 66.9 Å². The van der Waals surface area contributed by atoms with Crippen LogP contribution in [0.1, 0.15) is 11.5 Å². The summed E-state index contributed by atoms with van der Waals surface area (Å²) in [4.78, 5) is 21.7. The fraction of sp³-hybridized carbons (Fsp3) is 0.154. The number of nitrogens with one attached hydrogen (secondary N) is 1. The van der Waals surface area contributed by atoms with Gasteiger partial charge in [0.2, 0.25) is 5.88 Å². The minimum absolute atomic E-state index is 0.0597. The Labute approximate surface area is 201 Å². The largest absolute Gasteiger partial charge is 0.483 e. The van der Waals surface area contributed by atoms with Crippen LogP contribution in [0.4, 0.5) is 4.39 Å². The quantitative estimate of drug-likeness (QED) is 0.345. The van der Waals surface area contributed by atoms with Gasteiger partial charge in [-0.1, -0.05) is 24.3 Å². The minimum Gasteiger partial charge on any atom is -0.483 e. The number of halogens is 1. The highest BCUT2D eigenvalue weighted by Gasteiger charge is 2.17. The van der Waals surface area contributed by atoms with E-state index in [0.29, 0.717) is 36.1 Å². The van der Waals surface area contributed by atoms with Gasteiger partial charge in [-0.05, 0) is 43.3 Å². The lowest BCUT2D eigenvalue weighted by Gasteiger charge is -2.06.